The average molecular weight is 531 g/mol. The molecule has 0 amide bonds. The van der Waals surface area contributed by atoms with Crippen molar-refractivity contribution in [2.24, 2.45) is 0 Å². The van der Waals surface area contributed by atoms with Crippen molar-refractivity contribution < 1.29 is 36.9 Å². The van der Waals surface area contributed by atoms with Gasteiger partial charge in [0, 0.05) is 35.0 Å². The van der Waals surface area contributed by atoms with E-state index in [0.29, 0.717) is 56.8 Å². The smallest absolute Gasteiger partial charge is 0.416 e. The van der Waals surface area contributed by atoms with Crippen LogP contribution < -0.4 is 34.3 Å². The van der Waals surface area contributed by atoms with Crippen LogP contribution in [0.15, 0.2) is 48.5 Å². The zero-order valence-corrected chi connectivity index (χ0v) is 21.2. The van der Waals surface area contributed by atoms with Crippen molar-refractivity contribution in [3.8, 4) is 28.7 Å². The molecule has 2 N–H and O–H groups in total. The Labute approximate surface area is 216 Å². The third kappa shape index (κ3) is 5.38. The van der Waals surface area contributed by atoms with Gasteiger partial charge in [0.25, 0.3) is 0 Å². The Morgan fingerprint density at radius 3 is 1.74 bits per heavy atom. The molecule has 0 aliphatic rings. The van der Waals surface area contributed by atoms with Crippen LogP contribution in [0.25, 0.3) is 10.9 Å². The highest BCUT2D eigenvalue weighted by molar-refractivity contribution is 5.94. The highest BCUT2D eigenvalue weighted by atomic mass is 19.4. The van der Waals surface area contributed by atoms with Gasteiger partial charge in [-0.2, -0.15) is 18.2 Å². The van der Waals surface area contributed by atoms with E-state index in [1.54, 1.807) is 24.3 Å². The standard InChI is InChI=1S/C26H25F3N4O5/c1-34-19-12-17-18(13-20(19)35-2)32-25(31-15-8-6-14(7-9-15)26(27,28)29)33-24(17)30-16-10-21(36-3)23(38-5)22(11-16)37-4/h6-13H,1-5H3,(H2,30,31,32,33). The van der Waals surface area contributed by atoms with Crippen LogP contribution in [0.5, 0.6) is 28.7 Å². The van der Waals surface area contributed by atoms with Gasteiger partial charge in [-0.1, -0.05) is 0 Å². The summed E-state index contributed by atoms with van der Waals surface area (Å²) >= 11 is 0. The molecular formula is C26H25F3N4O5. The fraction of sp³-hybridized carbons (Fsp3) is 0.231. The minimum Gasteiger partial charge on any atom is -0.493 e. The van der Waals surface area contributed by atoms with Crippen molar-refractivity contribution in [3.05, 3.63) is 54.1 Å². The second-order valence-electron chi connectivity index (χ2n) is 7.86. The lowest BCUT2D eigenvalue weighted by molar-refractivity contribution is -0.137. The molecule has 9 nitrogen and oxygen atoms in total. The quantitative estimate of drug-likeness (QED) is 0.263. The monoisotopic (exact) mass is 530 g/mol. The van der Waals surface area contributed by atoms with Crippen LogP contribution in [0.4, 0.5) is 36.3 Å². The number of ether oxygens (including phenoxy) is 5. The molecule has 4 aromatic rings. The number of methoxy groups -OCH3 is 5. The molecule has 38 heavy (non-hydrogen) atoms. The van der Waals surface area contributed by atoms with Crippen LogP contribution >= 0.6 is 0 Å². The van der Waals surface area contributed by atoms with Gasteiger partial charge in [-0.15, -0.1) is 0 Å². The maximum absolute atomic E-state index is 13.0. The molecule has 0 atom stereocenters. The van der Waals surface area contributed by atoms with Crippen molar-refractivity contribution in [2.45, 2.75) is 6.18 Å². The van der Waals surface area contributed by atoms with Crippen LogP contribution in [0, 0.1) is 0 Å². The Hall–Kier alpha value is -4.61. The van der Waals surface area contributed by atoms with Gasteiger partial charge >= 0.3 is 6.18 Å². The SMILES string of the molecule is COc1cc2nc(Nc3ccc(C(F)(F)F)cc3)nc(Nc3cc(OC)c(OC)c(OC)c3)c2cc1OC. The molecule has 0 saturated heterocycles. The third-order valence-electron chi connectivity index (χ3n) is 5.60. The number of hydrogen-bond donors (Lipinski definition) is 2. The molecule has 0 bridgehead atoms. The van der Waals surface area contributed by atoms with Crippen molar-refractivity contribution in [1.82, 2.24) is 9.97 Å². The van der Waals surface area contributed by atoms with E-state index in [4.69, 9.17) is 23.7 Å². The number of alkyl halides is 3. The molecule has 3 aromatic carbocycles. The fourth-order valence-corrected chi connectivity index (χ4v) is 3.77. The first kappa shape index (κ1) is 26.5. The van der Waals surface area contributed by atoms with E-state index < -0.39 is 11.7 Å². The van der Waals surface area contributed by atoms with Crippen molar-refractivity contribution in [1.29, 1.82) is 0 Å². The number of fused-ring (bicyclic) bond motifs is 1. The minimum absolute atomic E-state index is 0.138. The lowest BCUT2D eigenvalue weighted by Gasteiger charge is -2.17. The van der Waals surface area contributed by atoms with E-state index in [0.717, 1.165) is 12.1 Å². The van der Waals surface area contributed by atoms with Gasteiger partial charge in [-0.25, -0.2) is 4.98 Å². The van der Waals surface area contributed by atoms with Gasteiger partial charge in [-0.3, -0.25) is 0 Å². The number of halogens is 3. The van der Waals surface area contributed by atoms with Gasteiger partial charge < -0.3 is 34.3 Å². The van der Waals surface area contributed by atoms with Gasteiger partial charge in [0.05, 0.1) is 46.6 Å². The summed E-state index contributed by atoms with van der Waals surface area (Å²) < 4.78 is 66.0. The Morgan fingerprint density at radius 2 is 1.21 bits per heavy atom. The molecule has 200 valence electrons. The summed E-state index contributed by atoms with van der Waals surface area (Å²) in [5.41, 5.74) is 0.664. The maximum atomic E-state index is 13.0. The van der Waals surface area contributed by atoms with Crippen molar-refractivity contribution >= 4 is 34.0 Å². The zero-order valence-electron chi connectivity index (χ0n) is 21.2. The Morgan fingerprint density at radius 1 is 0.632 bits per heavy atom. The number of nitrogens with zero attached hydrogens (tertiary/aromatic N) is 2. The molecule has 4 rings (SSSR count). The van der Waals surface area contributed by atoms with Crippen LogP contribution in [-0.4, -0.2) is 45.5 Å². The molecule has 12 heteroatoms. The summed E-state index contributed by atoms with van der Waals surface area (Å²) in [6.45, 7) is 0. The molecule has 0 aliphatic carbocycles. The van der Waals surface area contributed by atoms with Crippen LogP contribution in [0.2, 0.25) is 0 Å². The first-order valence-electron chi connectivity index (χ1n) is 11.2. The Bertz CT molecular complexity index is 1420. The molecule has 1 aromatic heterocycles. The maximum Gasteiger partial charge on any atom is 0.416 e. The summed E-state index contributed by atoms with van der Waals surface area (Å²) in [5.74, 6) is 2.69. The largest absolute Gasteiger partial charge is 0.493 e. The predicted octanol–water partition coefficient (Wildman–Crippen LogP) is 6.18. The third-order valence-corrected chi connectivity index (χ3v) is 5.60. The summed E-state index contributed by atoms with van der Waals surface area (Å²) in [6.07, 6.45) is -4.44. The number of benzene rings is 3. The van der Waals surface area contributed by atoms with E-state index in [1.807, 2.05) is 0 Å². The molecule has 0 spiro atoms. The van der Waals surface area contributed by atoms with E-state index >= 15 is 0 Å². The summed E-state index contributed by atoms with van der Waals surface area (Å²) in [6, 6.07) is 11.4. The summed E-state index contributed by atoms with van der Waals surface area (Å²) in [7, 11) is 7.53. The predicted molar refractivity (Wildman–Crippen MR) is 137 cm³/mol. The van der Waals surface area contributed by atoms with Crippen LogP contribution in [0.3, 0.4) is 0 Å². The second-order valence-corrected chi connectivity index (χ2v) is 7.86. The van der Waals surface area contributed by atoms with Gasteiger partial charge in [0.2, 0.25) is 11.7 Å². The van der Waals surface area contributed by atoms with Gasteiger partial charge in [-0.05, 0) is 30.3 Å². The van der Waals surface area contributed by atoms with E-state index in [9.17, 15) is 13.2 Å². The lowest BCUT2D eigenvalue weighted by atomic mass is 10.2. The van der Waals surface area contributed by atoms with Crippen LogP contribution in [0.1, 0.15) is 5.56 Å². The Balaban J connectivity index is 1.81. The summed E-state index contributed by atoms with van der Waals surface area (Å²) in [4.78, 5) is 9.12. The highest BCUT2D eigenvalue weighted by Gasteiger charge is 2.30. The molecular weight excluding hydrogens is 505 g/mol. The van der Waals surface area contributed by atoms with Crippen molar-refractivity contribution in [3.63, 3.8) is 0 Å². The number of rotatable bonds is 9. The molecule has 0 aliphatic heterocycles. The van der Waals surface area contributed by atoms with E-state index in [1.165, 1.54) is 47.7 Å². The van der Waals surface area contributed by atoms with E-state index in [-0.39, 0.29) is 5.95 Å². The average Bonchev–Trinajstić information content (AvgIpc) is 2.91. The lowest BCUT2D eigenvalue weighted by Crippen LogP contribution is -2.06. The highest BCUT2D eigenvalue weighted by Crippen LogP contribution is 2.42. The number of hydrogen-bond acceptors (Lipinski definition) is 9. The molecule has 1 heterocycles. The van der Waals surface area contributed by atoms with E-state index in [2.05, 4.69) is 20.6 Å². The molecule has 0 radical (unpaired) electrons. The zero-order chi connectivity index (χ0) is 27.4. The number of aromatic nitrogens is 2. The second kappa shape index (κ2) is 10.8. The topological polar surface area (TPSA) is 96.0 Å². The number of nitrogens with one attached hydrogen (secondary N) is 2. The van der Waals surface area contributed by atoms with Crippen molar-refractivity contribution in [2.75, 3.05) is 46.2 Å². The minimum atomic E-state index is -4.44. The van der Waals surface area contributed by atoms with Gasteiger partial charge in [0.1, 0.15) is 5.82 Å². The first-order chi connectivity index (χ1) is 18.2. The normalized spacial score (nSPS) is 11.2. The van der Waals surface area contributed by atoms with Gasteiger partial charge in [0.15, 0.2) is 23.0 Å². The molecule has 0 fully saturated rings. The number of anilines is 4. The fourth-order valence-electron chi connectivity index (χ4n) is 3.77. The molecule has 0 unspecified atom stereocenters. The Kier molecular flexibility index (Phi) is 7.51. The van der Waals surface area contributed by atoms with Crippen LogP contribution in [-0.2, 0) is 6.18 Å². The molecule has 0 saturated carbocycles. The first-order valence-corrected chi connectivity index (χ1v) is 11.2. The summed E-state index contributed by atoms with van der Waals surface area (Å²) in [5, 5.41) is 6.79.